The molecule has 7 heteroatoms. The van der Waals surface area contributed by atoms with Gasteiger partial charge in [0.2, 0.25) is 10.0 Å². The first-order valence-corrected chi connectivity index (χ1v) is 6.92. The number of rotatable bonds is 6. The van der Waals surface area contributed by atoms with E-state index in [1.165, 1.54) is 12.1 Å². The molecule has 0 heterocycles. The van der Waals surface area contributed by atoms with Gasteiger partial charge in [-0.25, -0.2) is 12.8 Å². The van der Waals surface area contributed by atoms with Crippen molar-refractivity contribution in [3.8, 4) is 0 Å². The molecule has 0 spiro atoms. The van der Waals surface area contributed by atoms with Gasteiger partial charge in [0.15, 0.2) is 0 Å². The average Bonchev–Trinajstić information content (AvgIpc) is 2.32. The van der Waals surface area contributed by atoms with E-state index in [4.69, 9.17) is 16.7 Å². The minimum atomic E-state index is -3.95. The minimum absolute atomic E-state index is 0.00966. The zero-order valence-corrected chi connectivity index (χ0v) is 11.1. The van der Waals surface area contributed by atoms with E-state index in [0.717, 1.165) is 16.4 Å². The first-order chi connectivity index (χ1) is 8.43. The maximum Gasteiger partial charge on any atom is 0.245 e. The largest absolute Gasteiger partial charge is 0.395 e. The number of hydrogen-bond donors (Lipinski definition) is 1. The summed E-state index contributed by atoms with van der Waals surface area (Å²) in [6.07, 6.45) is 1.38. The summed E-state index contributed by atoms with van der Waals surface area (Å²) in [7, 11) is -3.95. The molecule has 0 aliphatic rings. The van der Waals surface area contributed by atoms with Crippen molar-refractivity contribution in [1.29, 1.82) is 0 Å². The van der Waals surface area contributed by atoms with Crippen LogP contribution in [0.4, 0.5) is 4.39 Å². The van der Waals surface area contributed by atoms with Crippen LogP contribution < -0.4 is 0 Å². The van der Waals surface area contributed by atoms with Crippen LogP contribution in [0.25, 0.3) is 0 Å². The Morgan fingerprint density at radius 3 is 2.72 bits per heavy atom. The third-order valence-corrected chi connectivity index (χ3v) is 4.54. The van der Waals surface area contributed by atoms with E-state index >= 15 is 0 Å². The second kappa shape index (κ2) is 6.29. The summed E-state index contributed by atoms with van der Waals surface area (Å²) < 4.78 is 38.5. The highest BCUT2D eigenvalue weighted by molar-refractivity contribution is 7.89. The van der Waals surface area contributed by atoms with Gasteiger partial charge in [-0.15, -0.1) is 6.58 Å². The number of halogens is 2. The molecule has 0 saturated carbocycles. The number of nitrogens with zero attached hydrogens (tertiary/aromatic N) is 1. The summed E-state index contributed by atoms with van der Waals surface area (Å²) in [4.78, 5) is -0.320. The van der Waals surface area contributed by atoms with E-state index in [-0.39, 0.29) is 29.6 Å². The molecule has 100 valence electrons. The first kappa shape index (κ1) is 15.1. The molecule has 0 saturated heterocycles. The van der Waals surface area contributed by atoms with Crippen molar-refractivity contribution in [2.45, 2.75) is 4.90 Å². The van der Waals surface area contributed by atoms with Gasteiger partial charge in [0.05, 0.1) is 11.6 Å². The van der Waals surface area contributed by atoms with Crippen LogP contribution in [0.3, 0.4) is 0 Å². The quantitative estimate of drug-likeness (QED) is 0.811. The third-order valence-electron chi connectivity index (χ3n) is 2.19. The Labute approximate surface area is 110 Å². The van der Waals surface area contributed by atoms with Gasteiger partial charge >= 0.3 is 0 Å². The fourth-order valence-electron chi connectivity index (χ4n) is 1.38. The molecule has 0 amide bonds. The van der Waals surface area contributed by atoms with Crippen LogP contribution in [0.15, 0.2) is 35.7 Å². The summed E-state index contributed by atoms with van der Waals surface area (Å²) >= 11 is 5.76. The zero-order chi connectivity index (χ0) is 13.8. The lowest BCUT2D eigenvalue weighted by atomic mass is 10.3. The van der Waals surface area contributed by atoms with Crippen molar-refractivity contribution in [3.63, 3.8) is 0 Å². The summed E-state index contributed by atoms with van der Waals surface area (Å²) in [6.45, 7) is 2.99. The summed E-state index contributed by atoms with van der Waals surface area (Å²) in [6, 6.07) is 3.10. The molecule has 1 aromatic rings. The van der Waals surface area contributed by atoms with E-state index in [1.54, 1.807) is 0 Å². The van der Waals surface area contributed by atoms with Gasteiger partial charge in [-0.1, -0.05) is 17.7 Å². The molecule has 0 aliphatic heterocycles. The Kier molecular flexibility index (Phi) is 5.28. The summed E-state index contributed by atoms with van der Waals surface area (Å²) in [5.41, 5.74) is 0. The van der Waals surface area contributed by atoms with Crippen LogP contribution in [-0.2, 0) is 10.0 Å². The molecule has 0 aromatic heterocycles. The van der Waals surface area contributed by atoms with Crippen LogP contribution in [0, 0.1) is 5.82 Å². The smallest absolute Gasteiger partial charge is 0.245 e. The Hall–Kier alpha value is -0.950. The Morgan fingerprint density at radius 1 is 1.50 bits per heavy atom. The van der Waals surface area contributed by atoms with Gasteiger partial charge in [0.1, 0.15) is 10.7 Å². The van der Waals surface area contributed by atoms with E-state index < -0.39 is 15.8 Å². The van der Waals surface area contributed by atoms with Crippen molar-refractivity contribution >= 4 is 21.6 Å². The molecule has 0 atom stereocenters. The van der Waals surface area contributed by atoms with E-state index in [2.05, 4.69) is 6.58 Å². The molecule has 1 aromatic carbocycles. The lowest BCUT2D eigenvalue weighted by Crippen LogP contribution is -2.34. The summed E-state index contributed by atoms with van der Waals surface area (Å²) in [5.74, 6) is -0.694. The minimum Gasteiger partial charge on any atom is -0.395 e. The second-order valence-electron chi connectivity index (χ2n) is 3.45. The van der Waals surface area contributed by atoms with Crippen LogP contribution >= 0.6 is 11.6 Å². The monoisotopic (exact) mass is 293 g/mol. The molecule has 0 aliphatic carbocycles. The van der Waals surface area contributed by atoms with Crippen molar-refractivity contribution in [3.05, 3.63) is 41.7 Å². The Balaban J connectivity index is 3.25. The molecular formula is C11H13ClFNO3S. The number of benzene rings is 1. The number of hydrogen-bond acceptors (Lipinski definition) is 3. The van der Waals surface area contributed by atoms with Crippen molar-refractivity contribution < 1.29 is 17.9 Å². The van der Waals surface area contributed by atoms with Crippen molar-refractivity contribution in [2.75, 3.05) is 19.7 Å². The Morgan fingerprint density at radius 2 is 2.17 bits per heavy atom. The van der Waals surface area contributed by atoms with Crippen LogP contribution in [-0.4, -0.2) is 37.5 Å². The molecule has 1 rings (SSSR count). The highest BCUT2D eigenvalue weighted by Gasteiger charge is 2.25. The zero-order valence-electron chi connectivity index (χ0n) is 9.51. The van der Waals surface area contributed by atoms with Gasteiger partial charge in [-0.05, 0) is 18.2 Å². The fourth-order valence-corrected chi connectivity index (χ4v) is 3.27. The molecule has 0 radical (unpaired) electrons. The van der Waals surface area contributed by atoms with Gasteiger partial charge in [0, 0.05) is 13.1 Å². The SMILES string of the molecule is C=CCN(CCO)S(=O)(=O)c1cc(F)ccc1Cl. The van der Waals surface area contributed by atoms with E-state index in [0.29, 0.717) is 0 Å². The summed E-state index contributed by atoms with van der Waals surface area (Å²) in [5, 5.41) is 8.78. The lowest BCUT2D eigenvalue weighted by molar-refractivity contribution is 0.260. The van der Waals surface area contributed by atoms with E-state index in [9.17, 15) is 12.8 Å². The van der Waals surface area contributed by atoms with Gasteiger partial charge in [-0.2, -0.15) is 4.31 Å². The standard InChI is InChI=1S/C11H13ClFNO3S/c1-2-5-14(6-7-15)18(16,17)11-8-9(13)3-4-10(11)12/h2-4,8,15H,1,5-7H2. The molecule has 0 unspecified atom stereocenters. The van der Waals surface area contributed by atoms with Crippen LogP contribution in [0.5, 0.6) is 0 Å². The van der Waals surface area contributed by atoms with Gasteiger partial charge in [-0.3, -0.25) is 0 Å². The highest BCUT2D eigenvalue weighted by Crippen LogP contribution is 2.25. The average molecular weight is 294 g/mol. The van der Waals surface area contributed by atoms with Gasteiger partial charge in [0.25, 0.3) is 0 Å². The molecular weight excluding hydrogens is 281 g/mol. The molecule has 0 bridgehead atoms. The highest BCUT2D eigenvalue weighted by atomic mass is 35.5. The third kappa shape index (κ3) is 3.29. The molecule has 4 nitrogen and oxygen atoms in total. The molecule has 0 fully saturated rings. The Bertz CT molecular complexity index is 533. The second-order valence-corrected chi connectivity index (χ2v) is 5.76. The maximum absolute atomic E-state index is 13.1. The van der Waals surface area contributed by atoms with E-state index in [1.807, 2.05) is 0 Å². The predicted octanol–water partition coefficient (Wildman–Crippen LogP) is 1.65. The normalized spacial score (nSPS) is 11.8. The van der Waals surface area contributed by atoms with Gasteiger partial charge < -0.3 is 5.11 Å². The molecule has 18 heavy (non-hydrogen) atoms. The van der Waals surface area contributed by atoms with Crippen molar-refractivity contribution in [1.82, 2.24) is 4.31 Å². The number of sulfonamides is 1. The van der Waals surface area contributed by atoms with Crippen molar-refractivity contribution in [2.24, 2.45) is 0 Å². The van der Waals surface area contributed by atoms with Crippen LogP contribution in [0.2, 0.25) is 5.02 Å². The van der Waals surface area contributed by atoms with Crippen LogP contribution in [0.1, 0.15) is 0 Å². The number of aliphatic hydroxyl groups is 1. The lowest BCUT2D eigenvalue weighted by Gasteiger charge is -2.20. The number of aliphatic hydroxyl groups excluding tert-OH is 1. The fraction of sp³-hybridized carbons (Fsp3) is 0.273. The molecule has 1 N–H and O–H groups in total. The predicted molar refractivity (Wildman–Crippen MR) is 67.5 cm³/mol. The first-order valence-electron chi connectivity index (χ1n) is 5.10. The maximum atomic E-state index is 13.1. The topological polar surface area (TPSA) is 57.6 Å².